The van der Waals surface area contributed by atoms with Crippen molar-refractivity contribution in [1.82, 2.24) is 14.8 Å². The molecule has 174 valence electrons. The highest BCUT2D eigenvalue weighted by atomic mass is 19.1. The molecule has 3 amide bonds. The molecule has 0 atom stereocenters. The Balaban J connectivity index is 1.61. The van der Waals surface area contributed by atoms with E-state index in [-0.39, 0.29) is 18.1 Å². The largest absolute Gasteiger partial charge is 0.462 e. The second-order valence-electron chi connectivity index (χ2n) is 7.94. The molecule has 0 aliphatic carbocycles. The van der Waals surface area contributed by atoms with Crippen molar-refractivity contribution in [2.45, 2.75) is 27.3 Å². The van der Waals surface area contributed by atoms with Crippen LogP contribution in [0.5, 0.6) is 0 Å². The smallest absolute Gasteiger partial charge is 0.338 e. The number of hydrogen-bond donors (Lipinski definition) is 1. The Morgan fingerprint density at radius 1 is 1.09 bits per heavy atom. The van der Waals surface area contributed by atoms with Crippen LogP contribution in [0.2, 0.25) is 0 Å². The topological polar surface area (TPSA) is 80.6 Å². The van der Waals surface area contributed by atoms with Gasteiger partial charge < -0.3 is 14.6 Å². The average Bonchev–Trinajstić information content (AvgIpc) is 3.24. The molecule has 1 aromatic heterocycles. The molecule has 3 aromatic rings. The van der Waals surface area contributed by atoms with Crippen LogP contribution in [0.1, 0.15) is 39.8 Å². The van der Waals surface area contributed by atoms with Gasteiger partial charge in [-0.2, -0.15) is 0 Å². The van der Waals surface area contributed by atoms with Crippen LogP contribution < -0.4 is 5.32 Å². The van der Waals surface area contributed by atoms with Gasteiger partial charge in [-0.15, -0.1) is 0 Å². The third-order valence-corrected chi connectivity index (χ3v) is 5.60. The summed E-state index contributed by atoms with van der Waals surface area (Å²) in [4.78, 5) is 38.5. The van der Waals surface area contributed by atoms with Gasteiger partial charge in [-0.1, -0.05) is 18.2 Å². The predicted octanol–water partition coefficient (Wildman–Crippen LogP) is 4.50. The van der Waals surface area contributed by atoms with Gasteiger partial charge in [-0.25, -0.2) is 14.0 Å². The van der Waals surface area contributed by atoms with E-state index in [4.69, 9.17) is 4.74 Å². The number of aryl methyl sites for hydroxylation is 1. The van der Waals surface area contributed by atoms with Crippen molar-refractivity contribution in [2.24, 2.45) is 0 Å². The molecule has 1 aliphatic heterocycles. The number of benzene rings is 2. The van der Waals surface area contributed by atoms with Crippen LogP contribution in [-0.2, 0) is 16.1 Å². The highest BCUT2D eigenvalue weighted by molar-refractivity contribution is 6.14. The Labute approximate surface area is 196 Å². The van der Waals surface area contributed by atoms with E-state index in [1.54, 1.807) is 31.2 Å². The molecule has 7 nitrogen and oxygen atoms in total. The van der Waals surface area contributed by atoms with Gasteiger partial charge in [0.1, 0.15) is 11.5 Å². The standard InChI is InChI=1S/C26H24FN3O4/c1-4-34-25(32)19-6-5-7-22(13-19)30-16(2)12-20(17(30)3)14-23-24(31)29(26(33)28-23)15-18-8-10-21(27)11-9-18/h5-14H,4,15H2,1-3H3,(H,28,33)/b23-14-. The van der Waals surface area contributed by atoms with Crippen LogP contribution >= 0.6 is 0 Å². The fourth-order valence-electron chi connectivity index (χ4n) is 3.96. The van der Waals surface area contributed by atoms with Gasteiger partial charge in [0.25, 0.3) is 5.91 Å². The summed E-state index contributed by atoms with van der Waals surface area (Å²) in [5.41, 5.74) is 4.52. The number of imide groups is 1. The van der Waals surface area contributed by atoms with E-state index >= 15 is 0 Å². The van der Waals surface area contributed by atoms with Crippen LogP contribution in [0, 0.1) is 19.7 Å². The normalized spacial score (nSPS) is 14.6. The lowest BCUT2D eigenvalue weighted by molar-refractivity contribution is -0.123. The molecule has 0 bridgehead atoms. The van der Waals surface area contributed by atoms with E-state index in [1.165, 1.54) is 24.3 Å². The van der Waals surface area contributed by atoms with E-state index in [2.05, 4.69) is 5.32 Å². The maximum atomic E-state index is 13.2. The number of carbonyl (C=O) groups excluding carboxylic acids is 3. The van der Waals surface area contributed by atoms with Crippen LogP contribution in [0.15, 0.2) is 60.3 Å². The van der Waals surface area contributed by atoms with E-state index in [0.717, 1.165) is 27.5 Å². The van der Waals surface area contributed by atoms with Crippen molar-refractivity contribution < 1.29 is 23.5 Å². The Bertz CT molecular complexity index is 1310. The van der Waals surface area contributed by atoms with Gasteiger partial charge >= 0.3 is 12.0 Å². The molecule has 2 aromatic carbocycles. The molecule has 0 saturated carbocycles. The first kappa shape index (κ1) is 23.0. The number of nitrogens with one attached hydrogen (secondary N) is 1. The maximum Gasteiger partial charge on any atom is 0.338 e. The number of urea groups is 1. The molecule has 1 saturated heterocycles. The van der Waals surface area contributed by atoms with Crippen molar-refractivity contribution in [2.75, 3.05) is 6.61 Å². The summed E-state index contributed by atoms with van der Waals surface area (Å²) in [6.07, 6.45) is 1.64. The van der Waals surface area contributed by atoms with Gasteiger partial charge in [-0.05, 0) is 74.4 Å². The fourth-order valence-corrected chi connectivity index (χ4v) is 3.96. The Morgan fingerprint density at radius 3 is 2.53 bits per heavy atom. The van der Waals surface area contributed by atoms with Crippen molar-refractivity contribution in [3.63, 3.8) is 0 Å². The lowest BCUT2D eigenvalue weighted by atomic mass is 10.2. The number of carbonyl (C=O) groups is 3. The average molecular weight is 461 g/mol. The molecule has 0 spiro atoms. The summed E-state index contributed by atoms with van der Waals surface area (Å²) < 4.78 is 20.2. The lowest BCUT2D eigenvalue weighted by Gasteiger charge is -2.12. The Kier molecular flexibility index (Phi) is 6.32. The predicted molar refractivity (Wildman–Crippen MR) is 125 cm³/mol. The third-order valence-electron chi connectivity index (χ3n) is 5.60. The molecular formula is C26H24FN3O4. The van der Waals surface area contributed by atoms with Crippen LogP contribution in [-0.4, -0.2) is 34.0 Å². The van der Waals surface area contributed by atoms with Crippen molar-refractivity contribution in [1.29, 1.82) is 0 Å². The SMILES string of the molecule is CCOC(=O)c1cccc(-n2c(C)cc(/C=C3\NC(=O)N(Cc4ccc(F)cc4)C3=O)c2C)c1. The van der Waals surface area contributed by atoms with E-state index in [1.807, 2.05) is 30.5 Å². The first-order chi connectivity index (χ1) is 16.3. The minimum absolute atomic E-state index is 0.0436. The van der Waals surface area contributed by atoms with Crippen LogP contribution in [0.4, 0.5) is 9.18 Å². The zero-order valence-electron chi connectivity index (χ0n) is 19.1. The fraction of sp³-hybridized carbons (Fsp3) is 0.192. The monoisotopic (exact) mass is 461 g/mol. The molecule has 1 N–H and O–H groups in total. The van der Waals surface area contributed by atoms with Crippen molar-refractivity contribution in [3.05, 3.63) is 94.2 Å². The summed E-state index contributed by atoms with van der Waals surface area (Å²) >= 11 is 0. The summed E-state index contributed by atoms with van der Waals surface area (Å²) in [5.74, 6) is -1.23. The minimum Gasteiger partial charge on any atom is -0.462 e. The summed E-state index contributed by atoms with van der Waals surface area (Å²) in [5, 5.41) is 2.62. The number of rotatable bonds is 6. The number of hydrogen-bond acceptors (Lipinski definition) is 4. The number of nitrogens with zero attached hydrogens (tertiary/aromatic N) is 2. The van der Waals surface area contributed by atoms with Gasteiger partial charge in [-0.3, -0.25) is 9.69 Å². The molecule has 0 radical (unpaired) electrons. The molecular weight excluding hydrogens is 437 g/mol. The molecule has 2 heterocycles. The highest BCUT2D eigenvalue weighted by Crippen LogP contribution is 2.25. The molecule has 1 aliphatic rings. The number of ether oxygens (including phenoxy) is 1. The first-order valence-electron chi connectivity index (χ1n) is 10.8. The first-order valence-corrected chi connectivity index (χ1v) is 10.8. The van der Waals surface area contributed by atoms with E-state index in [0.29, 0.717) is 17.7 Å². The Morgan fingerprint density at radius 2 is 1.82 bits per heavy atom. The van der Waals surface area contributed by atoms with E-state index in [9.17, 15) is 18.8 Å². The second-order valence-corrected chi connectivity index (χ2v) is 7.94. The molecule has 4 rings (SSSR count). The summed E-state index contributed by atoms with van der Waals surface area (Å²) in [6.45, 7) is 5.91. The number of esters is 1. The number of amides is 3. The van der Waals surface area contributed by atoms with Crippen molar-refractivity contribution >= 4 is 24.0 Å². The number of halogens is 1. The summed E-state index contributed by atoms with van der Waals surface area (Å²) in [7, 11) is 0. The zero-order valence-corrected chi connectivity index (χ0v) is 19.1. The summed E-state index contributed by atoms with van der Waals surface area (Å²) in [6, 6.07) is 14.1. The van der Waals surface area contributed by atoms with Crippen molar-refractivity contribution in [3.8, 4) is 5.69 Å². The van der Waals surface area contributed by atoms with Gasteiger partial charge in [0.2, 0.25) is 0 Å². The van der Waals surface area contributed by atoms with Crippen LogP contribution in [0.3, 0.4) is 0 Å². The molecule has 1 fully saturated rings. The second kappa shape index (κ2) is 9.35. The van der Waals surface area contributed by atoms with Gasteiger partial charge in [0.15, 0.2) is 0 Å². The van der Waals surface area contributed by atoms with Crippen LogP contribution in [0.25, 0.3) is 11.8 Å². The lowest BCUT2D eigenvalue weighted by Crippen LogP contribution is -2.30. The maximum absolute atomic E-state index is 13.2. The molecule has 34 heavy (non-hydrogen) atoms. The minimum atomic E-state index is -0.531. The quantitative estimate of drug-likeness (QED) is 0.333. The van der Waals surface area contributed by atoms with E-state index < -0.39 is 17.9 Å². The van der Waals surface area contributed by atoms with Gasteiger partial charge in [0, 0.05) is 17.1 Å². The molecule has 0 unspecified atom stereocenters. The molecule has 8 heteroatoms. The third kappa shape index (κ3) is 4.47. The zero-order chi connectivity index (χ0) is 24.4. The van der Waals surface area contributed by atoms with Gasteiger partial charge in [0.05, 0.1) is 18.7 Å². The number of aromatic nitrogens is 1. The Hall–Kier alpha value is -4.20. The highest BCUT2D eigenvalue weighted by Gasteiger charge is 2.33.